The predicted octanol–water partition coefficient (Wildman–Crippen LogP) is 2.76. The summed E-state index contributed by atoms with van der Waals surface area (Å²) in [6.07, 6.45) is 1.86. The Hall–Kier alpha value is -3.54. The van der Waals surface area contributed by atoms with Gasteiger partial charge in [0, 0.05) is 23.3 Å². The Balaban J connectivity index is 2.70. The molecule has 0 aromatic heterocycles. The van der Waals surface area contributed by atoms with Crippen molar-refractivity contribution in [1.29, 1.82) is 0 Å². The number of rotatable bonds is 6. The lowest BCUT2D eigenvalue weighted by molar-refractivity contribution is -0.212. The summed E-state index contributed by atoms with van der Waals surface area (Å²) >= 11 is 0. The lowest BCUT2D eigenvalue weighted by Gasteiger charge is -2.32. The van der Waals surface area contributed by atoms with Crippen LogP contribution < -0.4 is 0 Å². The molecule has 2 aromatic rings. The zero-order valence-electron chi connectivity index (χ0n) is 13.2. The highest BCUT2D eigenvalue weighted by Gasteiger charge is 2.42. The van der Waals surface area contributed by atoms with E-state index in [1.54, 1.807) is 0 Å². The van der Waals surface area contributed by atoms with Crippen LogP contribution in [0.1, 0.15) is 11.1 Å². The Morgan fingerprint density at radius 3 is 1.36 bits per heavy atom. The van der Waals surface area contributed by atoms with Crippen LogP contribution in [0.3, 0.4) is 0 Å². The Morgan fingerprint density at radius 2 is 1.08 bits per heavy atom. The van der Waals surface area contributed by atoms with Crippen molar-refractivity contribution in [3.8, 4) is 11.5 Å². The van der Waals surface area contributed by atoms with E-state index in [2.05, 4.69) is 13.2 Å². The van der Waals surface area contributed by atoms with Gasteiger partial charge in [-0.3, -0.25) is 0 Å². The molecule has 128 valence electrons. The third-order valence-corrected chi connectivity index (χ3v) is 3.32. The van der Waals surface area contributed by atoms with Gasteiger partial charge in [0.1, 0.15) is 11.5 Å². The van der Waals surface area contributed by atoms with Crippen LogP contribution in [0.4, 0.5) is 0 Å². The molecule has 0 heterocycles. The van der Waals surface area contributed by atoms with Gasteiger partial charge in [0.25, 0.3) is 0 Å². The van der Waals surface area contributed by atoms with Crippen LogP contribution >= 0.6 is 0 Å². The zero-order valence-corrected chi connectivity index (χ0v) is 13.2. The van der Waals surface area contributed by atoms with E-state index in [1.807, 2.05) is 0 Å². The third kappa shape index (κ3) is 3.87. The number of ether oxygens (including phenoxy) is 2. The third-order valence-electron chi connectivity index (χ3n) is 3.32. The summed E-state index contributed by atoms with van der Waals surface area (Å²) in [5.41, 5.74) is 0.530. The standard InChI is InChI=1S/C19H16O6/c1-3-17(22)24-19(25-18(23)4-2,13-5-9-15(20)10-6-13)14-7-11-16(21)12-8-14/h3-12,20-21H,1-2H2. The number of hydrogen-bond acceptors (Lipinski definition) is 6. The first kappa shape index (κ1) is 17.8. The summed E-state index contributed by atoms with van der Waals surface area (Å²) < 4.78 is 10.8. The first-order valence-electron chi connectivity index (χ1n) is 7.21. The summed E-state index contributed by atoms with van der Waals surface area (Å²) in [5.74, 6) is -3.66. The van der Waals surface area contributed by atoms with Crippen LogP contribution in [0.2, 0.25) is 0 Å². The number of hydrogen-bond donors (Lipinski definition) is 2. The minimum absolute atomic E-state index is 0.0200. The van der Waals surface area contributed by atoms with Gasteiger partial charge in [-0.1, -0.05) is 13.2 Å². The van der Waals surface area contributed by atoms with Gasteiger partial charge in [0.2, 0.25) is 0 Å². The summed E-state index contributed by atoms with van der Waals surface area (Å²) in [6.45, 7) is 6.69. The maximum atomic E-state index is 11.9. The van der Waals surface area contributed by atoms with Crippen LogP contribution in [0.25, 0.3) is 0 Å². The van der Waals surface area contributed by atoms with Gasteiger partial charge in [-0.25, -0.2) is 9.59 Å². The first-order valence-corrected chi connectivity index (χ1v) is 7.21. The molecule has 0 aliphatic carbocycles. The molecule has 0 aliphatic heterocycles. The molecule has 6 heteroatoms. The molecule has 2 N–H and O–H groups in total. The van der Waals surface area contributed by atoms with Crippen LogP contribution in [0.5, 0.6) is 11.5 Å². The fraction of sp³-hybridized carbons (Fsp3) is 0.0526. The van der Waals surface area contributed by atoms with E-state index < -0.39 is 17.7 Å². The molecule has 0 bridgehead atoms. The summed E-state index contributed by atoms with van der Waals surface area (Å²) in [4.78, 5) is 23.8. The Bertz CT molecular complexity index is 720. The average molecular weight is 340 g/mol. The van der Waals surface area contributed by atoms with Crippen LogP contribution in [0.15, 0.2) is 73.8 Å². The predicted molar refractivity (Wildman–Crippen MR) is 89.6 cm³/mol. The molecule has 0 unspecified atom stereocenters. The molecule has 0 aliphatic rings. The smallest absolute Gasteiger partial charge is 0.333 e. The van der Waals surface area contributed by atoms with Gasteiger partial charge in [-0.15, -0.1) is 0 Å². The Kier molecular flexibility index (Phi) is 5.24. The molecule has 0 saturated heterocycles. The van der Waals surface area contributed by atoms with E-state index in [9.17, 15) is 19.8 Å². The molecule has 0 spiro atoms. The van der Waals surface area contributed by atoms with Gasteiger partial charge in [-0.05, 0) is 48.5 Å². The van der Waals surface area contributed by atoms with E-state index in [4.69, 9.17) is 9.47 Å². The highest BCUT2D eigenvalue weighted by Crippen LogP contribution is 2.37. The molecule has 6 nitrogen and oxygen atoms in total. The van der Waals surface area contributed by atoms with Crippen molar-refractivity contribution < 1.29 is 29.3 Å². The van der Waals surface area contributed by atoms with E-state index in [0.717, 1.165) is 12.2 Å². The molecular formula is C19H16O6. The molecule has 25 heavy (non-hydrogen) atoms. The van der Waals surface area contributed by atoms with E-state index in [1.165, 1.54) is 48.5 Å². The molecule has 0 radical (unpaired) electrons. The van der Waals surface area contributed by atoms with Crippen molar-refractivity contribution in [3.05, 3.63) is 85.0 Å². The quantitative estimate of drug-likeness (QED) is 0.477. The van der Waals surface area contributed by atoms with Gasteiger partial charge in [0.05, 0.1) is 0 Å². The van der Waals surface area contributed by atoms with Gasteiger partial charge in [0.15, 0.2) is 0 Å². The summed E-state index contributed by atoms with van der Waals surface area (Å²) in [7, 11) is 0. The van der Waals surface area contributed by atoms with Crippen molar-refractivity contribution in [3.63, 3.8) is 0 Å². The average Bonchev–Trinajstić information content (AvgIpc) is 2.62. The minimum Gasteiger partial charge on any atom is -0.508 e. The monoisotopic (exact) mass is 340 g/mol. The zero-order chi connectivity index (χ0) is 18.4. The van der Waals surface area contributed by atoms with E-state index >= 15 is 0 Å². The van der Waals surface area contributed by atoms with Crippen LogP contribution in [0, 0.1) is 0 Å². The van der Waals surface area contributed by atoms with Crippen molar-refractivity contribution in [2.75, 3.05) is 0 Å². The molecule has 0 saturated carbocycles. The lowest BCUT2D eigenvalue weighted by atomic mass is 9.96. The molecule has 0 atom stereocenters. The number of carbonyl (C=O) groups excluding carboxylic acids is 2. The van der Waals surface area contributed by atoms with E-state index in [-0.39, 0.29) is 22.6 Å². The fourth-order valence-electron chi connectivity index (χ4n) is 2.15. The Morgan fingerprint density at radius 1 is 0.760 bits per heavy atom. The number of phenolic OH excluding ortho intramolecular Hbond substituents is 2. The van der Waals surface area contributed by atoms with Crippen LogP contribution in [-0.2, 0) is 24.8 Å². The second-order valence-corrected chi connectivity index (χ2v) is 4.96. The first-order chi connectivity index (χ1) is 11.9. The second kappa shape index (κ2) is 7.35. The fourth-order valence-corrected chi connectivity index (χ4v) is 2.15. The highest BCUT2D eigenvalue weighted by molar-refractivity contribution is 5.84. The number of benzene rings is 2. The number of phenols is 2. The van der Waals surface area contributed by atoms with Crippen molar-refractivity contribution in [2.45, 2.75) is 5.79 Å². The minimum atomic E-state index is -1.95. The number of aromatic hydroxyl groups is 2. The maximum Gasteiger partial charge on any atom is 0.333 e. The highest BCUT2D eigenvalue weighted by atomic mass is 16.7. The number of esters is 2. The molecule has 2 rings (SSSR count). The van der Waals surface area contributed by atoms with Gasteiger partial charge in [-0.2, -0.15) is 0 Å². The van der Waals surface area contributed by atoms with Crippen LogP contribution in [-0.4, -0.2) is 22.2 Å². The molecule has 0 amide bonds. The van der Waals surface area contributed by atoms with E-state index in [0.29, 0.717) is 0 Å². The lowest BCUT2D eigenvalue weighted by Crippen LogP contribution is -2.38. The van der Waals surface area contributed by atoms with Gasteiger partial charge < -0.3 is 19.7 Å². The van der Waals surface area contributed by atoms with Gasteiger partial charge >= 0.3 is 17.7 Å². The Labute approximate surface area is 144 Å². The molecule has 2 aromatic carbocycles. The summed E-state index contributed by atoms with van der Waals surface area (Å²) in [6, 6.07) is 11.2. The van der Waals surface area contributed by atoms with Crippen molar-refractivity contribution in [1.82, 2.24) is 0 Å². The molecule has 0 fully saturated rings. The maximum absolute atomic E-state index is 11.9. The number of carbonyl (C=O) groups is 2. The molecular weight excluding hydrogens is 324 g/mol. The van der Waals surface area contributed by atoms with Crippen molar-refractivity contribution in [2.24, 2.45) is 0 Å². The summed E-state index contributed by atoms with van der Waals surface area (Å²) in [5, 5.41) is 19.0. The van der Waals surface area contributed by atoms with Crippen molar-refractivity contribution >= 4 is 11.9 Å². The topological polar surface area (TPSA) is 93.1 Å². The SMILES string of the molecule is C=CC(=O)OC(OC(=O)C=C)(c1ccc(O)cc1)c1ccc(O)cc1. The second-order valence-electron chi connectivity index (χ2n) is 4.96. The normalized spacial score (nSPS) is 10.6. The largest absolute Gasteiger partial charge is 0.508 e.